The van der Waals surface area contributed by atoms with Gasteiger partial charge in [0.25, 0.3) is 0 Å². The number of rotatable bonds is 4. The molecular formula is C13H25NOS. The highest BCUT2D eigenvalue weighted by Gasteiger charge is 2.28. The minimum Gasteiger partial charge on any atom is -0.381 e. The molecule has 2 atom stereocenters. The zero-order valence-corrected chi connectivity index (χ0v) is 11.4. The number of thioether (sulfide) groups is 1. The largest absolute Gasteiger partial charge is 0.381 e. The molecule has 0 bridgehead atoms. The third-order valence-corrected chi connectivity index (χ3v) is 5.24. The smallest absolute Gasteiger partial charge is 0.0495 e. The van der Waals surface area contributed by atoms with Crippen molar-refractivity contribution in [1.82, 2.24) is 5.32 Å². The summed E-state index contributed by atoms with van der Waals surface area (Å²) in [6, 6.07) is 0.732. The lowest BCUT2D eigenvalue weighted by Crippen LogP contribution is -2.41. The Morgan fingerprint density at radius 3 is 3.00 bits per heavy atom. The van der Waals surface area contributed by atoms with E-state index in [1.54, 1.807) is 0 Å². The van der Waals surface area contributed by atoms with Crippen molar-refractivity contribution in [3.05, 3.63) is 0 Å². The van der Waals surface area contributed by atoms with Gasteiger partial charge in [-0.05, 0) is 42.9 Å². The maximum atomic E-state index is 5.40. The highest BCUT2D eigenvalue weighted by Crippen LogP contribution is 2.33. The van der Waals surface area contributed by atoms with Crippen molar-refractivity contribution in [2.45, 2.75) is 39.2 Å². The summed E-state index contributed by atoms with van der Waals surface area (Å²) >= 11 is 2.11. The monoisotopic (exact) mass is 243 g/mol. The number of nitrogens with one attached hydrogen (secondary N) is 1. The minimum atomic E-state index is 0.525. The van der Waals surface area contributed by atoms with Crippen molar-refractivity contribution >= 4 is 11.8 Å². The van der Waals surface area contributed by atoms with Crippen molar-refractivity contribution in [3.63, 3.8) is 0 Å². The Balaban J connectivity index is 1.61. The van der Waals surface area contributed by atoms with Crippen LogP contribution in [0.5, 0.6) is 0 Å². The van der Waals surface area contributed by atoms with Crippen LogP contribution in [0.1, 0.15) is 33.1 Å². The minimum absolute atomic E-state index is 0.525. The second-order valence-electron chi connectivity index (χ2n) is 6.05. The second kappa shape index (κ2) is 5.74. The van der Waals surface area contributed by atoms with Gasteiger partial charge >= 0.3 is 0 Å². The first-order chi connectivity index (χ1) is 7.66. The standard InChI is InChI=1S/C13H25NOS/c1-13(2)7-12(9-16-10-13)14-5-3-11-4-6-15-8-11/h11-12,14H,3-10H2,1-2H3. The molecule has 16 heavy (non-hydrogen) atoms. The maximum absolute atomic E-state index is 5.40. The number of ether oxygens (including phenoxy) is 1. The van der Waals surface area contributed by atoms with Crippen LogP contribution < -0.4 is 5.32 Å². The van der Waals surface area contributed by atoms with Crippen LogP contribution >= 0.6 is 11.8 Å². The van der Waals surface area contributed by atoms with Gasteiger partial charge in [-0.25, -0.2) is 0 Å². The fourth-order valence-electron chi connectivity index (χ4n) is 2.70. The van der Waals surface area contributed by atoms with Crippen LogP contribution in [0, 0.1) is 11.3 Å². The van der Waals surface area contributed by atoms with E-state index in [1.807, 2.05) is 0 Å². The molecule has 0 aromatic carbocycles. The molecule has 0 saturated carbocycles. The van der Waals surface area contributed by atoms with Gasteiger partial charge in [0, 0.05) is 25.0 Å². The van der Waals surface area contributed by atoms with E-state index in [0.717, 1.165) is 25.2 Å². The lowest BCUT2D eigenvalue weighted by Gasteiger charge is -2.35. The SMILES string of the molecule is CC1(C)CSCC(NCCC2CCOC2)C1. The Morgan fingerprint density at radius 1 is 1.44 bits per heavy atom. The second-order valence-corrected chi connectivity index (χ2v) is 7.08. The van der Waals surface area contributed by atoms with E-state index in [1.165, 1.54) is 37.3 Å². The van der Waals surface area contributed by atoms with Crippen LogP contribution in [0.25, 0.3) is 0 Å². The van der Waals surface area contributed by atoms with Crippen molar-refractivity contribution in [2.75, 3.05) is 31.3 Å². The summed E-state index contributed by atoms with van der Waals surface area (Å²) in [7, 11) is 0. The first-order valence-corrected chi connectivity index (χ1v) is 7.70. The molecule has 2 unspecified atom stereocenters. The summed E-state index contributed by atoms with van der Waals surface area (Å²) < 4.78 is 5.40. The summed E-state index contributed by atoms with van der Waals surface area (Å²) in [5.74, 6) is 3.43. The fraction of sp³-hybridized carbons (Fsp3) is 1.00. The molecule has 2 nitrogen and oxygen atoms in total. The average molecular weight is 243 g/mol. The molecule has 2 aliphatic heterocycles. The van der Waals surface area contributed by atoms with E-state index < -0.39 is 0 Å². The topological polar surface area (TPSA) is 21.3 Å². The Kier molecular flexibility index (Phi) is 4.57. The van der Waals surface area contributed by atoms with Gasteiger partial charge in [0.05, 0.1) is 0 Å². The Morgan fingerprint density at radius 2 is 2.31 bits per heavy atom. The molecule has 2 aliphatic rings. The van der Waals surface area contributed by atoms with Gasteiger partial charge in [-0.15, -0.1) is 0 Å². The Bertz CT molecular complexity index is 214. The predicted octanol–water partition coefficient (Wildman–Crippen LogP) is 2.53. The molecule has 1 N–H and O–H groups in total. The molecule has 0 radical (unpaired) electrons. The number of hydrogen-bond donors (Lipinski definition) is 1. The summed E-state index contributed by atoms with van der Waals surface area (Å²) in [6.45, 7) is 7.93. The zero-order chi connectivity index (χ0) is 11.4. The Labute approximate surface area is 104 Å². The molecule has 94 valence electrons. The first kappa shape index (κ1) is 12.7. The van der Waals surface area contributed by atoms with Crippen LogP contribution in [0.4, 0.5) is 0 Å². The van der Waals surface area contributed by atoms with Crippen molar-refractivity contribution in [1.29, 1.82) is 0 Å². The van der Waals surface area contributed by atoms with Crippen LogP contribution in [0.2, 0.25) is 0 Å². The Hall–Kier alpha value is 0.270. The predicted molar refractivity (Wildman–Crippen MR) is 71.1 cm³/mol. The van der Waals surface area contributed by atoms with E-state index in [2.05, 4.69) is 30.9 Å². The molecule has 2 heterocycles. The average Bonchev–Trinajstić information content (AvgIpc) is 2.69. The molecule has 2 fully saturated rings. The third-order valence-electron chi connectivity index (χ3n) is 3.62. The normalized spacial score (nSPS) is 34.1. The van der Waals surface area contributed by atoms with Gasteiger partial charge in [0.15, 0.2) is 0 Å². The van der Waals surface area contributed by atoms with E-state index in [9.17, 15) is 0 Å². The van der Waals surface area contributed by atoms with Crippen LogP contribution in [0.3, 0.4) is 0 Å². The zero-order valence-electron chi connectivity index (χ0n) is 10.6. The maximum Gasteiger partial charge on any atom is 0.0495 e. The van der Waals surface area contributed by atoms with E-state index in [0.29, 0.717) is 5.41 Å². The molecule has 2 rings (SSSR count). The number of hydrogen-bond acceptors (Lipinski definition) is 3. The van der Waals surface area contributed by atoms with E-state index >= 15 is 0 Å². The summed E-state index contributed by atoms with van der Waals surface area (Å²) in [5, 5.41) is 3.73. The van der Waals surface area contributed by atoms with Crippen molar-refractivity contribution in [2.24, 2.45) is 11.3 Å². The van der Waals surface area contributed by atoms with Gasteiger partial charge in [0.2, 0.25) is 0 Å². The van der Waals surface area contributed by atoms with Crippen LogP contribution in [-0.4, -0.2) is 37.3 Å². The van der Waals surface area contributed by atoms with E-state index in [-0.39, 0.29) is 0 Å². The van der Waals surface area contributed by atoms with Crippen LogP contribution in [0.15, 0.2) is 0 Å². The molecule has 0 aromatic heterocycles. The molecule has 0 aromatic rings. The van der Waals surface area contributed by atoms with Gasteiger partial charge in [-0.3, -0.25) is 0 Å². The lowest BCUT2D eigenvalue weighted by molar-refractivity contribution is 0.183. The molecule has 0 aliphatic carbocycles. The van der Waals surface area contributed by atoms with Crippen molar-refractivity contribution < 1.29 is 4.74 Å². The van der Waals surface area contributed by atoms with Gasteiger partial charge in [-0.1, -0.05) is 13.8 Å². The summed E-state index contributed by atoms with van der Waals surface area (Å²) in [5.41, 5.74) is 0.525. The third kappa shape index (κ3) is 3.94. The highest BCUT2D eigenvalue weighted by molar-refractivity contribution is 7.99. The van der Waals surface area contributed by atoms with Gasteiger partial charge in [0.1, 0.15) is 0 Å². The first-order valence-electron chi connectivity index (χ1n) is 6.55. The molecular weight excluding hydrogens is 218 g/mol. The summed E-state index contributed by atoms with van der Waals surface area (Å²) in [6.07, 6.45) is 3.90. The van der Waals surface area contributed by atoms with Gasteiger partial charge in [-0.2, -0.15) is 11.8 Å². The summed E-state index contributed by atoms with van der Waals surface area (Å²) in [4.78, 5) is 0. The molecule has 3 heteroatoms. The molecule has 0 spiro atoms. The quantitative estimate of drug-likeness (QED) is 0.820. The van der Waals surface area contributed by atoms with Gasteiger partial charge < -0.3 is 10.1 Å². The highest BCUT2D eigenvalue weighted by atomic mass is 32.2. The van der Waals surface area contributed by atoms with Crippen molar-refractivity contribution in [3.8, 4) is 0 Å². The molecule has 0 amide bonds. The molecule has 2 saturated heterocycles. The van der Waals surface area contributed by atoms with Crippen LogP contribution in [-0.2, 0) is 4.74 Å². The lowest BCUT2D eigenvalue weighted by atomic mass is 9.88. The van der Waals surface area contributed by atoms with E-state index in [4.69, 9.17) is 4.74 Å². The fourth-order valence-corrected chi connectivity index (χ4v) is 4.00.